The number of rotatable bonds is 3. The standard InChI is InChI=1S/C16H29N/c1-15(2)14(12-17-13-8-9-13)16(15)10-6-4-3-5-7-11-16/h13-14,17H,3-12H2,1-2H3. The molecule has 3 aliphatic rings. The van der Waals surface area contributed by atoms with Crippen molar-refractivity contribution in [2.45, 2.75) is 77.7 Å². The van der Waals surface area contributed by atoms with Gasteiger partial charge in [0.05, 0.1) is 0 Å². The first-order valence-electron chi connectivity index (χ1n) is 7.90. The molecule has 1 heteroatoms. The second-order valence-corrected chi connectivity index (χ2v) is 7.38. The molecule has 98 valence electrons. The van der Waals surface area contributed by atoms with Crippen LogP contribution in [0.2, 0.25) is 0 Å². The Morgan fingerprint density at radius 1 is 0.941 bits per heavy atom. The fourth-order valence-electron chi connectivity index (χ4n) is 4.61. The van der Waals surface area contributed by atoms with E-state index in [4.69, 9.17) is 0 Å². The van der Waals surface area contributed by atoms with Crippen molar-refractivity contribution in [1.82, 2.24) is 5.32 Å². The molecule has 1 N–H and O–H groups in total. The molecule has 0 bridgehead atoms. The van der Waals surface area contributed by atoms with Gasteiger partial charge in [-0.1, -0.05) is 46.0 Å². The van der Waals surface area contributed by atoms with Crippen LogP contribution in [0.15, 0.2) is 0 Å². The Balaban J connectivity index is 1.62. The SMILES string of the molecule is CC1(C)C(CNC2CC2)C12CCCCCCC2. The van der Waals surface area contributed by atoms with Gasteiger partial charge in [0, 0.05) is 6.04 Å². The quantitative estimate of drug-likeness (QED) is 0.775. The maximum absolute atomic E-state index is 3.78. The molecule has 3 aliphatic carbocycles. The first-order valence-corrected chi connectivity index (χ1v) is 7.90. The van der Waals surface area contributed by atoms with E-state index in [1.54, 1.807) is 0 Å². The predicted octanol–water partition coefficient (Wildman–Crippen LogP) is 4.13. The highest BCUT2D eigenvalue weighted by molar-refractivity contribution is 5.17. The third-order valence-corrected chi connectivity index (χ3v) is 6.17. The summed E-state index contributed by atoms with van der Waals surface area (Å²) in [5, 5.41) is 3.78. The average Bonchev–Trinajstić information content (AvgIpc) is 3.10. The summed E-state index contributed by atoms with van der Waals surface area (Å²) in [6.45, 7) is 6.37. The molecule has 3 fully saturated rings. The van der Waals surface area contributed by atoms with Gasteiger partial charge in [0.15, 0.2) is 0 Å². The summed E-state index contributed by atoms with van der Waals surface area (Å²) >= 11 is 0. The van der Waals surface area contributed by atoms with Crippen molar-refractivity contribution < 1.29 is 0 Å². The molecular formula is C16H29N. The van der Waals surface area contributed by atoms with Gasteiger partial charge in [0.1, 0.15) is 0 Å². The number of nitrogens with one attached hydrogen (secondary N) is 1. The predicted molar refractivity (Wildman–Crippen MR) is 73.0 cm³/mol. The average molecular weight is 235 g/mol. The monoisotopic (exact) mass is 235 g/mol. The van der Waals surface area contributed by atoms with Crippen LogP contribution in [0.25, 0.3) is 0 Å². The van der Waals surface area contributed by atoms with Gasteiger partial charge in [-0.15, -0.1) is 0 Å². The third-order valence-electron chi connectivity index (χ3n) is 6.17. The van der Waals surface area contributed by atoms with Crippen LogP contribution in [-0.4, -0.2) is 12.6 Å². The molecule has 0 heterocycles. The Hall–Kier alpha value is -0.0400. The highest BCUT2D eigenvalue weighted by Crippen LogP contribution is 2.73. The van der Waals surface area contributed by atoms with Crippen LogP contribution in [0, 0.1) is 16.7 Å². The minimum Gasteiger partial charge on any atom is -0.314 e. The molecule has 1 atom stereocenters. The Kier molecular flexibility index (Phi) is 3.01. The van der Waals surface area contributed by atoms with Gasteiger partial charge in [-0.2, -0.15) is 0 Å². The van der Waals surface area contributed by atoms with Crippen LogP contribution < -0.4 is 5.32 Å². The molecule has 0 aromatic carbocycles. The Labute approximate surface area is 107 Å². The fourth-order valence-corrected chi connectivity index (χ4v) is 4.61. The molecule has 3 rings (SSSR count). The van der Waals surface area contributed by atoms with Crippen LogP contribution >= 0.6 is 0 Å². The number of hydrogen-bond donors (Lipinski definition) is 1. The summed E-state index contributed by atoms with van der Waals surface area (Å²) in [6, 6.07) is 0.886. The lowest BCUT2D eigenvalue weighted by atomic mass is 9.82. The van der Waals surface area contributed by atoms with Crippen molar-refractivity contribution in [2.24, 2.45) is 16.7 Å². The van der Waals surface area contributed by atoms with Gasteiger partial charge in [-0.05, 0) is 49.0 Å². The van der Waals surface area contributed by atoms with E-state index in [-0.39, 0.29) is 0 Å². The van der Waals surface area contributed by atoms with Gasteiger partial charge in [0.25, 0.3) is 0 Å². The lowest BCUT2D eigenvalue weighted by molar-refractivity contribution is 0.283. The molecule has 3 saturated carbocycles. The summed E-state index contributed by atoms with van der Waals surface area (Å²) in [7, 11) is 0. The zero-order chi connectivity index (χ0) is 11.9. The minimum atomic E-state index is 0.617. The molecule has 0 aromatic rings. The van der Waals surface area contributed by atoms with E-state index in [0.29, 0.717) is 5.41 Å². The second kappa shape index (κ2) is 4.26. The molecule has 0 amide bonds. The van der Waals surface area contributed by atoms with Gasteiger partial charge >= 0.3 is 0 Å². The van der Waals surface area contributed by atoms with Crippen molar-refractivity contribution in [3.05, 3.63) is 0 Å². The minimum absolute atomic E-state index is 0.617. The first-order chi connectivity index (χ1) is 8.17. The van der Waals surface area contributed by atoms with Crippen LogP contribution in [0.3, 0.4) is 0 Å². The van der Waals surface area contributed by atoms with E-state index >= 15 is 0 Å². The van der Waals surface area contributed by atoms with E-state index < -0.39 is 0 Å². The molecule has 0 aliphatic heterocycles. The van der Waals surface area contributed by atoms with Crippen LogP contribution in [-0.2, 0) is 0 Å². The summed E-state index contributed by atoms with van der Waals surface area (Å²) in [6.07, 6.45) is 13.3. The van der Waals surface area contributed by atoms with E-state index in [1.807, 2.05) is 0 Å². The smallest absolute Gasteiger partial charge is 0.00683 e. The Morgan fingerprint density at radius 2 is 1.53 bits per heavy atom. The zero-order valence-corrected chi connectivity index (χ0v) is 11.7. The molecule has 0 radical (unpaired) electrons. The molecule has 1 spiro atoms. The van der Waals surface area contributed by atoms with Gasteiger partial charge in [-0.3, -0.25) is 0 Å². The topological polar surface area (TPSA) is 12.0 Å². The van der Waals surface area contributed by atoms with E-state index in [0.717, 1.165) is 17.4 Å². The molecule has 0 saturated heterocycles. The highest BCUT2D eigenvalue weighted by Gasteiger charge is 2.68. The highest BCUT2D eigenvalue weighted by atomic mass is 15.0. The van der Waals surface area contributed by atoms with Crippen LogP contribution in [0.4, 0.5) is 0 Å². The summed E-state index contributed by atoms with van der Waals surface area (Å²) in [4.78, 5) is 0. The first kappa shape index (κ1) is 12.0. The van der Waals surface area contributed by atoms with Crippen molar-refractivity contribution in [3.8, 4) is 0 Å². The van der Waals surface area contributed by atoms with Crippen LogP contribution in [0.5, 0.6) is 0 Å². The van der Waals surface area contributed by atoms with Crippen molar-refractivity contribution >= 4 is 0 Å². The molecule has 17 heavy (non-hydrogen) atoms. The third kappa shape index (κ3) is 2.05. The molecule has 1 unspecified atom stereocenters. The normalized spacial score (nSPS) is 35.3. The maximum atomic E-state index is 3.78. The van der Waals surface area contributed by atoms with E-state index in [9.17, 15) is 0 Å². The molecule has 0 aromatic heterocycles. The lowest BCUT2D eigenvalue weighted by Gasteiger charge is -2.23. The van der Waals surface area contributed by atoms with Crippen molar-refractivity contribution in [2.75, 3.05) is 6.54 Å². The van der Waals surface area contributed by atoms with E-state index in [1.165, 1.54) is 64.3 Å². The second-order valence-electron chi connectivity index (χ2n) is 7.38. The summed E-state index contributed by atoms with van der Waals surface area (Å²) < 4.78 is 0. The van der Waals surface area contributed by atoms with E-state index in [2.05, 4.69) is 19.2 Å². The summed E-state index contributed by atoms with van der Waals surface area (Å²) in [5.74, 6) is 0.966. The zero-order valence-electron chi connectivity index (χ0n) is 11.7. The van der Waals surface area contributed by atoms with Crippen LogP contribution in [0.1, 0.15) is 71.6 Å². The van der Waals surface area contributed by atoms with Gasteiger partial charge < -0.3 is 5.32 Å². The Bertz CT molecular complexity index is 269. The maximum Gasteiger partial charge on any atom is 0.00683 e. The Morgan fingerprint density at radius 3 is 2.12 bits per heavy atom. The fraction of sp³-hybridized carbons (Fsp3) is 1.00. The summed E-state index contributed by atoms with van der Waals surface area (Å²) in [5.41, 5.74) is 1.33. The molecular weight excluding hydrogens is 206 g/mol. The van der Waals surface area contributed by atoms with Gasteiger partial charge in [-0.25, -0.2) is 0 Å². The number of hydrogen-bond acceptors (Lipinski definition) is 1. The van der Waals surface area contributed by atoms with Crippen molar-refractivity contribution in [3.63, 3.8) is 0 Å². The molecule has 1 nitrogen and oxygen atoms in total. The van der Waals surface area contributed by atoms with Crippen molar-refractivity contribution in [1.29, 1.82) is 0 Å². The van der Waals surface area contributed by atoms with Gasteiger partial charge in [0.2, 0.25) is 0 Å². The largest absolute Gasteiger partial charge is 0.314 e. The lowest BCUT2D eigenvalue weighted by Crippen LogP contribution is -2.22.